The Morgan fingerprint density at radius 3 is 2.67 bits per heavy atom. The van der Waals surface area contributed by atoms with Crippen molar-refractivity contribution < 1.29 is 14.0 Å². The van der Waals surface area contributed by atoms with Gasteiger partial charge in [0.25, 0.3) is 5.91 Å². The van der Waals surface area contributed by atoms with E-state index in [1.165, 1.54) is 23.5 Å². The second-order valence-corrected chi connectivity index (χ2v) is 8.01. The van der Waals surface area contributed by atoms with Crippen molar-refractivity contribution in [1.29, 1.82) is 0 Å². The molecule has 0 saturated carbocycles. The highest BCUT2D eigenvalue weighted by Crippen LogP contribution is 2.29. The van der Waals surface area contributed by atoms with Crippen LogP contribution >= 0.6 is 22.9 Å². The number of fused-ring (bicyclic) bond motifs is 1. The van der Waals surface area contributed by atoms with Crippen LogP contribution in [0.2, 0.25) is 5.02 Å². The second kappa shape index (κ2) is 8.64. The van der Waals surface area contributed by atoms with Crippen molar-refractivity contribution in [3.63, 3.8) is 0 Å². The number of amides is 2. The summed E-state index contributed by atoms with van der Waals surface area (Å²) in [5, 5.41) is 13.7. The molecule has 2 aromatic heterocycles. The average Bonchev–Trinajstić information content (AvgIpc) is 3.31. The van der Waals surface area contributed by atoms with E-state index in [-0.39, 0.29) is 30.6 Å². The van der Waals surface area contributed by atoms with Gasteiger partial charge in [0.2, 0.25) is 5.91 Å². The molecule has 6 nitrogen and oxygen atoms in total. The van der Waals surface area contributed by atoms with E-state index in [0.29, 0.717) is 25.9 Å². The van der Waals surface area contributed by atoms with Crippen molar-refractivity contribution in [2.45, 2.75) is 13.0 Å². The Balaban J connectivity index is 1.42. The molecule has 0 atom stereocenters. The topological polar surface area (TPSA) is 86.9 Å². The predicted molar refractivity (Wildman–Crippen MR) is 115 cm³/mol. The highest BCUT2D eigenvalue weighted by atomic mass is 35.5. The van der Waals surface area contributed by atoms with Gasteiger partial charge >= 0.3 is 0 Å². The smallest absolute Gasteiger partial charge is 0.261 e. The van der Waals surface area contributed by atoms with E-state index in [9.17, 15) is 14.0 Å². The number of carbonyl (C=O) groups excluding carboxylic acids is 2. The molecule has 0 bridgehead atoms. The van der Waals surface area contributed by atoms with Gasteiger partial charge in [0.1, 0.15) is 10.6 Å². The standard InChI is InChI=1S/C21H16ClFN4O2S/c22-16-4-2-1-3-13(16)9-18(28)25-19-15-10-17(30-21(15)27-26-19)20(29)24-11-12-5-7-14(23)8-6-12/h1-8,10H,9,11H2,(H,24,29)(H2,25,26,27,28). The van der Waals surface area contributed by atoms with Crippen molar-refractivity contribution in [2.24, 2.45) is 0 Å². The SMILES string of the molecule is O=C(Cc1ccccc1Cl)Nc1n[nH]c2sc(C(=O)NCc3ccc(F)cc3)cc12. The molecule has 4 rings (SSSR count). The lowest BCUT2D eigenvalue weighted by Gasteiger charge is -2.04. The third-order valence-corrected chi connectivity index (χ3v) is 5.82. The van der Waals surface area contributed by atoms with Gasteiger partial charge in [-0.05, 0) is 35.4 Å². The summed E-state index contributed by atoms with van der Waals surface area (Å²) in [6.45, 7) is 0.282. The average molecular weight is 443 g/mol. The Bertz CT molecular complexity index is 1220. The zero-order valence-corrected chi connectivity index (χ0v) is 17.1. The van der Waals surface area contributed by atoms with Crippen LogP contribution in [0.5, 0.6) is 0 Å². The summed E-state index contributed by atoms with van der Waals surface area (Å²) in [5.74, 6) is -0.489. The normalized spacial score (nSPS) is 10.9. The molecule has 4 aromatic rings. The van der Waals surface area contributed by atoms with E-state index in [1.54, 1.807) is 36.4 Å². The van der Waals surface area contributed by atoms with E-state index in [0.717, 1.165) is 11.1 Å². The van der Waals surface area contributed by atoms with Crippen LogP contribution in [-0.2, 0) is 17.8 Å². The maximum atomic E-state index is 13.0. The number of nitrogens with zero attached hydrogens (tertiary/aromatic N) is 1. The monoisotopic (exact) mass is 442 g/mol. The lowest BCUT2D eigenvalue weighted by atomic mass is 10.1. The molecule has 0 aliphatic carbocycles. The molecule has 0 aliphatic heterocycles. The van der Waals surface area contributed by atoms with E-state index in [1.807, 2.05) is 6.07 Å². The van der Waals surface area contributed by atoms with Crippen LogP contribution in [0.15, 0.2) is 54.6 Å². The fourth-order valence-electron chi connectivity index (χ4n) is 2.89. The fraction of sp³-hybridized carbons (Fsp3) is 0.0952. The molecule has 30 heavy (non-hydrogen) atoms. The van der Waals surface area contributed by atoms with Crippen molar-refractivity contribution >= 4 is 50.8 Å². The van der Waals surface area contributed by atoms with Gasteiger partial charge in [-0.25, -0.2) is 4.39 Å². The van der Waals surface area contributed by atoms with Gasteiger partial charge in [-0.2, -0.15) is 5.10 Å². The van der Waals surface area contributed by atoms with E-state index >= 15 is 0 Å². The first-order chi connectivity index (χ1) is 14.5. The minimum Gasteiger partial charge on any atom is -0.347 e. The van der Waals surface area contributed by atoms with E-state index in [4.69, 9.17) is 11.6 Å². The molecule has 0 radical (unpaired) electrons. The number of hydrogen-bond donors (Lipinski definition) is 3. The number of nitrogens with one attached hydrogen (secondary N) is 3. The van der Waals surface area contributed by atoms with Crippen molar-refractivity contribution in [1.82, 2.24) is 15.5 Å². The molecule has 0 unspecified atom stereocenters. The first kappa shape index (κ1) is 20.1. The number of aromatic nitrogens is 2. The summed E-state index contributed by atoms with van der Waals surface area (Å²) in [4.78, 5) is 26.0. The van der Waals surface area contributed by atoms with Gasteiger partial charge in [-0.1, -0.05) is 41.9 Å². The molecular formula is C21H16ClFN4O2S. The van der Waals surface area contributed by atoms with E-state index < -0.39 is 0 Å². The fourth-order valence-corrected chi connectivity index (χ4v) is 4.01. The Labute approximate surface area is 180 Å². The zero-order valence-electron chi connectivity index (χ0n) is 15.5. The molecule has 0 saturated heterocycles. The van der Waals surface area contributed by atoms with Gasteiger partial charge in [0.15, 0.2) is 5.82 Å². The van der Waals surface area contributed by atoms with Gasteiger partial charge in [0.05, 0.1) is 16.7 Å². The van der Waals surface area contributed by atoms with Crippen molar-refractivity contribution in [3.05, 3.63) is 81.4 Å². The summed E-state index contributed by atoms with van der Waals surface area (Å²) in [6, 6.07) is 14.7. The summed E-state index contributed by atoms with van der Waals surface area (Å²) in [7, 11) is 0. The molecule has 0 spiro atoms. The Morgan fingerprint density at radius 2 is 1.90 bits per heavy atom. The number of anilines is 1. The summed E-state index contributed by atoms with van der Waals surface area (Å²) >= 11 is 7.34. The summed E-state index contributed by atoms with van der Waals surface area (Å²) in [5.41, 5.74) is 1.51. The molecular weight excluding hydrogens is 427 g/mol. The van der Waals surface area contributed by atoms with Crippen molar-refractivity contribution in [3.8, 4) is 0 Å². The summed E-state index contributed by atoms with van der Waals surface area (Å²) in [6.07, 6.45) is 0.114. The van der Waals surface area contributed by atoms with Crippen molar-refractivity contribution in [2.75, 3.05) is 5.32 Å². The maximum absolute atomic E-state index is 13.0. The zero-order chi connectivity index (χ0) is 21.1. The molecule has 9 heteroatoms. The Kier molecular flexibility index (Phi) is 5.78. The van der Waals surface area contributed by atoms with Crippen LogP contribution < -0.4 is 10.6 Å². The van der Waals surface area contributed by atoms with Gasteiger partial charge in [0, 0.05) is 11.6 Å². The first-order valence-electron chi connectivity index (χ1n) is 9.03. The van der Waals surface area contributed by atoms with E-state index in [2.05, 4.69) is 20.8 Å². The molecule has 2 aromatic carbocycles. The number of benzene rings is 2. The number of rotatable bonds is 6. The highest BCUT2D eigenvalue weighted by molar-refractivity contribution is 7.20. The molecule has 2 heterocycles. The van der Waals surface area contributed by atoms with Crippen LogP contribution in [0.1, 0.15) is 20.8 Å². The second-order valence-electron chi connectivity index (χ2n) is 6.55. The van der Waals surface area contributed by atoms with Crippen LogP contribution in [0.25, 0.3) is 10.2 Å². The Morgan fingerprint density at radius 1 is 1.13 bits per heavy atom. The predicted octanol–water partition coefficient (Wildman–Crippen LogP) is 4.53. The molecule has 3 N–H and O–H groups in total. The van der Waals surface area contributed by atoms with Crippen LogP contribution in [0, 0.1) is 5.82 Å². The maximum Gasteiger partial charge on any atom is 0.261 e. The lowest BCUT2D eigenvalue weighted by Crippen LogP contribution is -2.21. The minimum atomic E-state index is -0.325. The number of halogens is 2. The van der Waals surface area contributed by atoms with Crippen LogP contribution in [-0.4, -0.2) is 22.0 Å². The number of hydrogen-bond acceptors (Lipinski definition) is 4. The van der Waals surface area contributed by atoms with Crippen LogP contribution in [0.4, 0.5) is 10.2 Å². The highest BCUT2D eigenvalue weighted by Gasteiger charge is 2.17. The Hall–Kier alpha value is -3.23. The third kappa shape index (κ3) is 4.50. The molecule has 0 aliphatic rings. The van der Waals surface area contributed by atoms with Gasteiger partial charge in [-0.15, -0.1) is 11.3 Å². The molecule has 2 amide bonds. The molecule has 152 valence electrons. The minimum absolute atomic E-state index is 0.114. The number of thiophene rings is 1. The quantitative estimate of drug-likeness (QED) is 0.410. The molecule has 0 fully saturated rings. The van der Waals surface area contributed by atoms with Gasteiger partial charge < -0.3 is 10.6 Å². The number of carbonyl (C=O) groups is 2. The summed E-state index contributed by atoms with van der Waals surface area (Å²) < 4.78 is 13.0. The van der Waals surface area contributed by atoms with Gasteiger partial charge in [-0.3, -0.25) is 14.7 Å². The van der Waals surface area contributed by atoms with Crippen LogP contribution in [0.3, 0.4) is 0 Å². The first-order valence-corrected chi connectivity index (χ1v) is 10.2. The third-order valence-electron chi connectivity index (χ3n) is 4.41. The largest absolute Gasteiger partial charge is 0.347 e. The number of aromatic amines is 1. The number of H-pyrrole nitrogens is 1. The lowest BCUT2D eigenvalue weighted by molar-refractivity contribution is -0.115.